The third-order valence-electron chi connectivity index (χ3n) is 3.98. The fourth-order valence-electron chi connectivity index (χ4n) is 1.84. The summed E-state index contributed by atoms with van der Waals surface area (Å²) in [5, 5.41) is 2.99. The minimum absolute atomic E-state index is 0.0700. The molecule has 0 unspecified atom stereocenters. The number of nitrogens with one attached hydrogen (secondary N) is 1. The fraction of sp³-hybridized carbons (Fsp3) is 0.278. The van der Waals surface area contributed by atoms with E-state index >= 15 is 0 Å². The first-order chi connectivity index (χ1) is 10.3. The van der Waals surface area contributed by atoms with Crippen LogP contribution in [0.3, 0.4) is 0 Å². The number of aryl methyl sites for hydroxylation is 1. The highest BCUT2D eigenvalue weighted by molar-refractivity contribution is 5.97. The van der Waals surface area contributed by atoms with Gasteiger partial charge in [0.2, 0.25) is 5.91 Å². The molecule has 1 heterocycles. The Bertz CT molecular complexity index is 706. The summed E-state index contributed by atoms with van der Waals surface area (Å²) in [5.41, 5.74) is 3.68. The van der Waals surface area contributed by atoms with Crippen LogP contribution in [0.15, 0.2) is 48.9 Å². The van der Waals surface area contributed by atoms with Crippen LogP contribution in [0.2, 0.25) is 0 Å². The smallest absolute Gasteiger partial charge is 0.234 e. The fourth-order valence-corrected chi connectivity index (χ4v) is 1.84. The van der Waals surface area contributed by atoms with Gasteiger partial charge in [-0.1, -0.05) is 24.3 Å². The molecule has 0 bridgehead atoms. The van der Waals surface area contributed by atoms with E-state index in [4.69, 9.17) is 0 Å². The van der Waals surface area contributed by atoms with Crippen LogP contribution in [-0.4, -0.2) is 15.9 Å². The molecule has 1 aromatic carbocycles. The molecule has 2 rings (SSSR count). The van der Waals surface area contributed by atoms with Gasteiger partial charge in [0.15, 0.2) is 0 Å². The Morgan fingerprint density at radius 3 is 2.59 bits per heavy atom. The second kappa shape index (κ2) is 6.10. The average molecular weight is 295 g/mol. The lowest BCUT2D eigenvalue weighted by Crippen LogP contribution is -2.31. The Kier molecular flexibility index (Phi) is 4.40. The first-order valence-electron chi connectivity index (χ1n) is 7.17. The van der Waals surface area contributed by atoms with Crippen LogP contribution in [0, 0.1) is 12.3 Å². The van der Waals surface area contributed by atoms with Gasteiger partial charge in [0, 0.05) is 23.6 Å². The average Bonchev–Trinajstić information content (AvgIpc) is 2.50. The van der Waals surface area contributed by atoms with Gasteiger partial charge in [0.05, 0.1) is 17.3 Å². The monoisotopic (exact) mass is 295 g/mol. The predicted octanol–water partition coefficient (Wildman–Crippen LogP) is 3.99. The molecule has 4 heteroatoms. The highest BCUT2D eigenvalue weighted by atomic mass is 16.2. The molecule has 1 amide bonds. The number of carbonyl (C=O) groups excluding carboxylic acids is 1. The number of hydrogen-bond acceptors (Lipinski definition) is 3. The summed E-state index contributed by atoms with van der Waals surface area (Å²) in [5.74, 6) is -0.0700. The highest BCUT2D eigenvalue weighted by Gasteiger charge is 2.28. The number of anilines is 1. The van der Waals surface area contributed by atoms with Crippen LogP contribution in [0.5, 0.6) is 0 Å². The maximum Gasteiger partial charge on any atom is 0.234 e. The minimum atomic E-state index is -0.616. The van der Waals surface area contributed by atoms with Crippen molar-refractivity contribution in [1.29, 1.82) is 0 Å². The molecule has 0 atom stereocenters. The molecule has 0 fully saturated rings. The van der Waals surface area contributed by atoms with Crippen LogP contribution in [0.25, 0.3) is 11.3 Å². The second-order valence-corrected chi connectivity index (χ2v) is 5.98. The lowest BCUT2D eigenvalue weighted by molar-refractivity contribution is -0.122. The first-order valence-corrected chi connectivity index (χ1v) is 7.17. The molecular weight excluding hydrogens is 274 g/mol. The summed E-state index contributed by atoms with van der Waals surface area (Å²) in [7, 11) is 0. The Labute approximate surface area is 131 Å². The Hall–Kier alpha value is -2.49. The lowest BCUT2D eigenvalue weighted by Gasteiger charge is -2.24. The van der Waals surface area contributed by atoms with E-state index < -0.39 is 5.41 Å². The topological polar surface area (TPSA) is 54.9 Å². The summed E-state index contributed by atoms with van der Waals surface area (Å²) in [6.07, 6.45) is 4.99. The maximum absolute atomic E-state index is 12.5. The van der Waals surface area contributed by atoms with Crippen molar-refractivity contribution in [3.05, 3.63) is 54.5 Å². The molecule has 2 aromatic rings. The van der Waals surface area contributed by atoms with Gasteiger partial charge in [-0.25, -0.2) is 0 Å². The molecule has 1 N–H and O–H groups in total. The van der Waals surface area contributed by atoms with Crippen molar-refractivity contribution in [1.82, 2.24) is 9.97 Å². The van der Waals surface area contributed by atoms with Gasteiger partial charge in [-0.3, -0.25) is 14.8 Å². The zero-order chi connectivity index (χ0) is 16.3. The van der Waals surface area contributed by atoms with E-state index in [1.807, 2.05) is 45.9 Å². The van der Waals surface area contributed by atoms with Crippen LogP contribution in [0.1, 0.15) is 26.3 Å². The van der Waals surface area contributed by atoms with Gasteiger partial charge in [0.1, 0.15) is 0 Å². The number of amides is 1. The van der Waals surface area contributed by atoms with Gasteiger partial charge < -0.3 is 5.32 Å². The summed E-state index contributed by atoms with van der Waals surface area (Å²) in [4.78, 5) is 20.8. The van der Waals surface area contributed by atoms with E-state index in [0.717, 1.165) is 28.1 Å². The van der Waals surface area contributed by atoms with E-state index in [1.54, 1.807) is 18.6 Å². The SMILES string of the molecule is C=C(C)C(C)(C)C(=O)Nc1cc(-c2cnccn2)ccc1C. The predicted molar refractivity (Wildman–Crippen MR) is 89.4 cm³/mol. The maximum atomic E-state index is 12.5. The Morgan fingerprint density at radius 2 is 2.00 bits per heavy atom. The van der Waals surface area contributed by atoms with Gasteiger partial charge in [-0.15, -0.1) is 0 Å². The number of hydrogen-bond donors (Lipinski definition) is 1. The molecule has 0 spiro atoms. The Balaban J connectivity index is 2.32. The number of nitrogens with zero attached hydrogens (tertiary/aromatic N) is 2. The normalized spacial score (nSPS) is 11.1. The molecule has 0 radical (unpaired) electrons. The van der Waals surface area contributed by atoms with Gasteiger partial charge in [-0.2, -0.15) is 0 Å². The van der Waals surface area contributed by atoms with Gasteiger partial charge in [0.25, 0.3) is 0 Å². The van der Waals surface area contributed by atoms with Crippen molar-refractivity contribution in [2.75, 3.05) is 5.32 Å². The molecule has 0 aliphatic carbocycles. The molecule has 0 aliphatic heterocycles. The molecule has 0 aliphatic rings. The van der Waals surface area contributed by atoms with Crippen LogP contribution < -0.4 is 5.32 Å². The van der Waals surface area contributed by atoms with E-state index in [2.05, 4.69) is 21.9 Å². The summed E-state index contributed by atoms with van der Waals surface area (Å²) < 4.78 is 0. The summed E-state index contributed by atoms with van der Waals surface area (Å²) in [6.45, 7) is 11.5. The van der Waals surface area contributed by atoms with Crippen molar-refractivity contribution in [2.45, 2.75) is 27.7 Å². The molecule has 1 aromatic heterocycles. The third-order valence-corrected chi connectivity index (χ3v) is 3.98. The largest absolute Gasteiger partial charge is 0.325 e. The standard InChI is InChI=1S/C18H21N3O/c1-12(2)18(4,5)17(22)21-15-10-14(7-6-13(15)3)16-11-19-8-9-20-16/h6-11H,1H2,2-5H3,(H,21,22). The molecule has 0 saturated heterocycles. The number of aromatic nitrogens is 2. The third kappa shape index (κ3) is 3.22. The van der Waals surface area contributed by atoms with E-state index in [0.29, 0.717) is 0 Å². The number of carbonyl (C=O) groups is 1. The minimum Gasteiger partial charge on any atom is -0.325 e. The van der Waals surface area contributed by atoms with Crippen molar-refractivity contribution < 1.29 is 4.79 Å². The van der Waals surface area contributed by atoms with Crippen molar-refractivity contribution >= 4 is 11.6 Å². The first kappa shape index (κ1) is 15.9. The second-order valence-electron chi connectivity index (χ2n) is 5.98. The van der Waals surface area contributed by atoms with Crippen LogP contribution >= 0.6 is 0 Å². The van der Waals surface area contributed by atoms with Crippen molar-refractivity contribution in [2.24, 2.45) is 5.41 Å². The van der Waals surface area contributed by atoms with Crippen LogP contribution in [0.4, 0.5) is 5.69 Å². The molecule has 22 heavy (non-hydrogen) atoms. The zero-order valence-electron chi connectivity index (χ0n) is 13.5. The van der Waals surface area contributed by atoms with E-state index in [9.17, 15) is 4.79 Å². The zero-order valence-corrected chi connectivity index (χ0v) is 13.5. The molecule has 0 saturated carbocycles. The van der Waals surface area contributed by atoms with E-state index in [1.165, 1.54) is 0 Å². The number of benzene rings is 1. The lowest BCUT2D eigenvalue weighted by atomic mass is 9.85. The van der Waals surface area contributed by atoms with Crippen molar-refractivity contribution in [3.8, 4) is 11.3 Å². The summed E-state index contributed by atoms with van der Waals surface area (Å²) in [6, 6.07) is 5.86. The Morgan fingerprint density at radius 1 is 1.27 bits per heavy atom. The van der Waals surface area contributed by atoms with Crippen molar-refractivity contribution in [3.63, 3.8) is 0 Å². The molecule has 4 nitrogen and oxygen atoms in total. The highest BCUT2D eigenvalue weighted by Crippen LogP contribution is 2.29. The number of rotatable bonds is 4. The van der Waals surface area contributed by atoms with Gasteiger partial charge in [-0.05, 0) is 39.3 Å². The quantitative estimate of drug-likeness (QED) is 0.868. The van der Waals surface area contributed by atoms with Crippen LogP contribution in [-0.2, 0) is 4.79 Å². The van der Waals surface area contributed by atoms with Gasteiger partial charge >= 0.3 is 0 Å². The molecular formula is C18H21N3O. The molecule has 114 valence electrons. The summed E-state index contributed by atoms with van der Waals surface area (Å²) >= 11 is 0. The van der Waals surface area contributed by atoms with E-state index in [-0.39, 0.29) is 5.91 Å².